The van der Waals surface area contributed by atoms with Crippen molar-refractivity contribution in [2.45, 2.75) is 354 Å². The molecule has 78 heavy (non-hydrogen) atoms. The number of ether oxygens (including phenoxy) is 3. The number of carbonyl (C=O) groups is 3. The molecule has 2 N–H and O–H groups in total. The summed E-state index contributed by atoms with van der Waals surface area (Å²) in [7, 11) is -4.75. The molecular weight excluding hydrogens is 1000 g/mol. The van der Waals surface area contributed by atoms with Crippen LogP contribution in [0.5, 0.6) is 0 Å². The van der Waals surface area contributed by atoms with Crippen molar-refractivity contribution in [1.82, 2.24) is 0 Å². The third-order valence-electron chi connectivity index (χ3n) is 14.9. The summed E-state index contributed by atoms with van der Waals surface area (Å²) in [6.45, 7) is 4.70. The van der Waals surface area contributed by atoms with E-state index >= 15 is 0 Å². The van der Waals surface area contributed by atoms with Gasteiger partial charge in [-0.15, -0.1) is 0 Å². The highest BCUT2D eigenvalue weighted by Crippen LogP contribution is 2.43. The Balaban J connectivity index is 4.63. The third kappa shape index (κ3) is 58.6. The van der Waals surface area contributed by atoms with Crippen LogP contribution in [0.15, 0.2) is 24.3 Å². The molecule has 3 atom stereocenters. The SMILES string of the molecule is CCCCC/C=C\C/C=C\CCCCCCCC(=O)OCC(COP(=O)(O)OCC(CO)OC(=O)CCCCCCCCCCCCCCCCCCC)OC(=O)CCCCCCCCCCCCCCCCCCCCC. The Morgan fingerprint density at radius 2 is 0.628 bits per heavy atom. The average molecular weight is 1130 g/mol. The van der Waals surface area contributed by atoms with E-state index in [-0.39, 0.29) is 25.9 Å². The minimum absolute atomic E-state index is 0.172. The predicted octanol–water partition coefficient (Wildman–Crippen LogP) is 20.2. The molecule has 460 valence electrons. The van der Waals surface area contributed by atoms with Gasteiger partial charge >= 0.3 is 25.7 Å². The number of esters is 3. The minimum atomic E-state index is -4.75. The summed E-state index contributed by atoms with van der Waals surface area (Å²) in [5.41, 5.74) is 0. The molecule has 0 bridgehead atoms. The molecule has 0 spiro atoms. The molecule has 0 saturated carbocycles. The van der Waals surface area contributed by atoms with Crippen LogP contribution in [0.25, 0.3) is 0 Å². The zero-order chi connectivity index (χ0) is 56.9. The van der Waals surface area contributed by atoms with Crippen molar-refractivity contribution in [1.29, 1.82) is 0 Å². The van der Waals surface area contributed by atoms with E-state index in [1.807, 2.05) is 0 Å². The molecule has 0 heterocycles. The smallest absolute Gasteiger partial charge is 0.462 e. The zero-order valence-corrected chi connectivity index (χ0v) is 52.1. The zero-order valence-electron chi connectivity index (χ0n) is 51.2. The molecule has 11 nitrogen and oxygen atoms in total. The Bertz CT molecular complexity index is 1400. The summed E-state index contributed by atoms with van der Waals surface area (Å²) in [6, 6.07) is 0. The number of allylic oxidation sites excluding steroid dienone is 4. The Morgan fingerprint density at radius 3 is 0.974 bits per heavy atom. The van der Waals surface area contributed by atoms with Gasteiger partial charge in [-0.2, -0.15) is 0 Å². The van der Waals surface area contributed by atoms with Crippen LogP contribution in [0.1, 0.15) is 342 Å². The van der Waals surface area contributed by atoms with E-state index in [9.17, 15) is 28.9 Å². The fourth-order valence-corrected chi connectivity index (χ4v) is 10.6. The Labute approximate surface area is 480 Å². The second kappa shape index (κ2) is 61.0. The number of hydrogen-bond acceptors (Lipinski definition) is 10. The van der Waals surface area contributed by atoms with Crippen molar-refractivity contribution in [3.63, 3.8) is 0 Å². The normalized spacial score (nSPS) is 13.3. The van der Waals surface area contributed by atoms with Gasteiger partial charge in [0, 0.05) is 19.3 Å². The Hall–Kier alpha value is -2.04. The maximum Gasteiger partial charge on any atom is 0.472 e. The highest BCUT2D eigenvalue weighted by atomic mass is 31.2. The summed E-state index contributed by atoms with van der Waals surface area (Å²) in [4.78, 5) is 48.8. The topological polar surface area (TPSA) is 155 Å². The first-order chi connectivity index (χ1) is 38.2. The van der Waals surface area contributed by atoms with Gasteiger partial charge < -0.3 is 24.2 Å². The highest BCUT2D eigenvalue weighted by Gasteiger charge is 2.28. The summed E-state index contributed by atoms with van der Waals surface area (Å²) in [5.74, 6) is -1.45. The molecule has 0 aliphatic rings. The third-order valence-corrected chi connectivity index (χ3v) is 15.8. The predicted molar refractivity (Wildman–Crippen MR) is 326 cm³/mol. The fraction of sp³-hybridized carbons (Fsp3) is 0.894. The molecule has 0 aromatic carbocycles. The number of carbonyl (C=O) groups excluding carboxylic acids is 3. The molecule has 12 heteroatoms. The number of aliphatic hydroxyl groups is 1. The van der Waals surface area contributed by atoms with Crippen molar-refractivity contribution in [2.75, 3.05) is 26.4 Å². The van der Waals surface area contributed by atoms with E-state index in [0.717, 1.165) is 83.5 Å². The first-order valence-corrected chi connectivity index (χ1v) is 34.7. The standard InChI is InChI=1S/C66H125O11P/c1-4-7-10-13-16-19-22-25-28-30-31-33-36-39-42-45-48-51-54-57-66(70)77-63(59-73-64(68)55-52-49-46-43-40-37-34-27-24-21-18-15-12-9-6-3)61-75-78(71,72)74-60-62(58-67)76-65(69)56-53-50-47-44-41-38-35-32-29-26-23-20-17-14-11-8-5-2/h18,21,27,34,62-63,67H,4-17,19-20,22-26,28-33,35-61H2,1-3H3,(H,71,72)/b21-18-,34-27-. The van der Waals surface area contributed by atoms with Gasteiger partial charge in [-0.3, -0.25) is 23.4 Å². The number of hydrogen-bond donors (Lipinski definition) is 2. The van der Waals surface area contributed by atoms with Crippen molar-refractivity contribution < 1.29 is 52.2 Å². The van der Waals surface area contributed by atoms with E-state index in [4.69, 9.17) is 23.3 Å². The van der Waals surface area contributed by atoms with Gasteiger partial charge in [-0.25, -0.2) is 4.57 Å². The van der Waals surface area contributed by atoms with Crippen molar-refractivity contribution in [2.24, 2.45) is 0 Å². The molecule has 3 unspecified atom stereocenters. The summed E-state index contributed by atoms with van der Waals surface area (Å²) >= 11 is 0. The average Bonchev–Trinajstić information content (AvgIpc) is 3.43. The lowest BCUT2D eigenvalue weighted by Gasteiger charge is -2.21. The van der Waals surface area contributed by atoms with E-state index in [2.05, 4.69) is 45.1 Å². The quantitative estimate of drug-likeness (QED) is 0.0197. The van der Waals surface area contributed by atoms with Crippen LogP contribution in [-0.2, 0) is 42.2 Å². The summed E-state index contributed by atoms with van der Waals surface area (Å²) in [5, 5.41) is 9.86. The molecule has 0 saturated heterocycles. The molecule has 0 rings (SSSR count). The number of rotatable bonds is 63. The molecule has 0 amide bonds. The fourth-order valence-electron chi connectivity index (χ4n) is 9.80. The Morgan fingerprint density at radius 1 is 0.359 bits per heavy atom. The van der Waals surface area contributed by atoms with Crippen molar-refractivity contribution in [3.05, 3.63) is 24.3 Å². The summed E-state index contributed by atoms with van der Waals surface area (Å²) in [6.07, 6.45) is 64.1. The van der Waals surface area contributed by atoms with E-state index < -0.39 is 57.8 Å². The first-order valence-electron chi connectivity index (χ1n) is 33.2. The van der Waals surface area contributed by atoms with Crippen LogP contribution < -0.4 is 0 Å². The molecule has 0 aromatic heterocycles. The van der Waals surface area contributed by atoms with E-state index in [1.165, 1.54) is 199 Å². The van der Waals surface area contributed by atoms with Gasteiger partial charge in [-0.1, -0.05) is 295 Å². The number of phosphoric acid groups is 1. The molecule has 0 radical (unpaired) electrons. The second-order valence-corrected chi connectivity index (χ2v) is 24.1. The van der Waals surface area contributed by atoms with E-state index in [0.29, 0.717) is 19.3 Å². The second-order valence-electron chi connectivity index (χ2n) is 22.7. The van der Waals surface area contributed by atoms with Gasteiger partial charge in [0.05, 0.1) is 19.8 Å². The minimum Gasteiger partial charge on any atom is -0.462 e. The molecule has 0 aliphatic heterocycles. The van der Waals surface area contributed by atoms with Crippen LogP contribution in [0, 0.1) is 0 Å². The monoisotopic (exact) mass is 1120 g/mol. The molecule has 0 aromatic rings. The van der Waals surface area contributed by atoms with Gasteiger partial charge in [-0.05, 0) is 51.4 Å². The number of phosphoric ester groups is 1. The van der Waals surface area contributed by atoms with Crippen molar-refractivity contribution in [3.8, 4) is 0 Å². The Kier molecular flexibility index (Phi) is 59.4. The van der Waals surface area contributed by atoms with Crippen molar-refractivity contribution >= 4 is 25.7 Å². The highest BCUT2D eigenvalue weighted by molar-refractivity contribution is 7.47. The molecule has 0 aliphatic carbocycles. The number of unbranched alkanes of at least 4 members (excludes halogenated alkanes) is 42. The number of aliphatic hydroxyl groups excluding tert-OH is 1. The van der Waals surface area contributed by atoms with Gasteiger partial charge in [0.1, 0.15) is 12.7 Å². The van der Waals surface area contributed by atoms with Gasteiger partial charge in [0.2, 0.25) is 0 Å². The van der Waals surface area contributed by atoms with Crippen LogP contribution in [0.4, 0.5) is 0 Å². The lowest BCUT2D eigenvalue weighted by molar-refractivity contribution is -0.161. The molecular formula is C66H125O11P. The summed E-state index contributed by atoms with van der Waals surface area (Å²) < 4.78 is 39.7. The maximum absolute atomic E-state index is 13.0. The van der Waals surface area contributed by atoms with Crippen LogP contribution in [-0.4, -0.2) is 66.5 Å². The lowest BCUT2D eigenvalue weighted by atomic mass is 10.0. The van der Waals surface area contributed by atoms with Crippen LogP contribution in [0.3, 0.4) is 0 Å². The molecule has 0 fully saturated rings. The van der Waals surface area contributed by atoms with Gasteiger partial charge in [0.15, 0.2) is 6.10 Å². The van der Waals surface area contributed by atoms with Crippen LogP contribution >= 0.6 is 7.82 Å². The van der Waals surface area contributed by atoms with E-state index in [1.54, 1.807) is 0 Å². The lowest BCUT2D eigenvalue weighted by Crippen LogP contribution is -2.30. The van der Waals surface area contributed by atoms with Gasteiger partial charge in [0.25, 0.3) is 0 Å². The maximum atomic E-state index is 13.0. The largest absolute Gasteiger partial charge is 0.472 e. The van der Waals surface area contributed by atoms with Crippen LogP contribution in [0.2, 0.25) is 0 Å². The first kappa shape index (κ1) is 76.0.